The monoisotopic (exact) mass is 438 g/mol. The highest BCUT2D eigenvalue weighted by atomic mass is 32.2. The minimum absolute atomic E-state index is 0.0614. The fourth-order valence-electron chi connectivity index (χ4n) is 3.31. The Bertz CT molecular complexity index is 1180. The maximum atomic E-state index is 12.6. The normalized spacial score (nSPS) is 12.7. The van der Waals surface area contributed by atoms with Gasteiger partial charge in [-0.05, 0) is 6.42 Å². The number of thiol groups is 1. The van der Waals surface area contributed by atoms with E-state index in [1.807, 2.05) is 60.7 Å². The number of hydrogen-bond acceptors (Lipinski definition) is 5. The number of H-pyrrole nitrogens is 1. The Balaban J connectivity index is 1.63. The Hall–Kier alpha value is -2.84. The number of aromatic nitrogens is 4. The van der Waals surface area contributed by atoms with Crippen molar-refractivity contribution in [3.8, 4) is 22.5 Å². The molecule has 0 aliphatic carbocycles. The summed E-state index contributed by atoms with van der Waals surface area (Å²) in [7, 11) is -1.83. The molecule has 8 heteroatoms. The predicted octanol–water partition coefficient (Wildman–Crippen LogP) is 4.31. The quantitative estimate of drug-likeness (QED) is 0.421. The van der Waals surface area contributed by atoms with Crippen LogP contribution >= 0.6 is 12.6 Å². The number of rotatable bonds is 7. The van der Waals surface area contributed by atoms with Crippen LogP contribution in [0.25, 0.3) is 22.5 Å². The van der Waals surface area contributed by atoms with E-state index in [4.69, 9.17) is 4.98 Å². The zero-order valence-corrected chi connectivity index (χ0v) is 18.1. The van der Waals surface area contributed by atoms with E-state index >= 15 is 0 Å². The van der Waals surface area contributed by atoms with E-state index in [9.17, 15) is 8.42 Å². The molecule has 30 heavy (non-hydrogen) atoms. The lowest BCUT2D eigenvalue weighted by atomic mass is 10.1. The molecule has 0 amide bonds. The molecule has 0 bridgehead atoms. The number of nitrogens with one attached hydrogen (secondary N) is 1. The standard InChI is InChI=1S/C22H22N4O2S2/c1-26-14-13-23-22(26)30(27,28)15-12-18(29)21-24-19(16-8-4-2-5-9-16)20(25-21)17-10-6-3-7-11-17/h2-11,13-14,18,29H,12,15H2,1H3,(H,24,25). The second-order valence-electron chi connectivity index (χ2n) is 7.02. The minimum atomic E-state index is -3.50. The molecule has 4 aromatic rings. The highest BCUT2D eigenvalue weighted by Gasteiger charge is 2.23. The molecule has 2 aromatic carbocycles. The summed E-state index contributed by atoms with van der Waals surface area (Å²) in [5, 5.41) is -0.294. The van der Waals surface area contributed by atoms with Crippen LogP contribution in [-0.4, -0.2) is 33.7 Å². The number of imidazole rings is 2. The number of aryl methyl sites for hydroxylation is 1. The first-order valence-corrected chi connectivity index (χ1v) is 11.7. The largest absolute Gasteiger partial charge is 0.341 e. The summed E-state index contributed by atoms with van der Waals surface area (Å²) in [4.78, 5) is 12.1. The second kappa shape index (κ2) is 8.49. The number of sulfone groups is 1. The molecule has 4 rings (SSSR count). The minimum Gasteiger partial charge on any atom is -0.341 e. The molecule has 0 fully saturated rings. The van der Waals surface area contributed by atoms with Crippen LogP contribution in [-0.2, 0) is 16.9 Å². The molecule has 0 saturated carbocycles. The first-order valence-electron chi connectivity index (χ1n) is 9.54. The van der Waals surface area contributed by atoms with Crippen LogP contribution in [0.5, 0.6) is 0 Å². The molecule has 0 saturated heterocycles. The SMILES string of the molecule is Cn1ccnc1S(=O)(=O)CCC(S)c1nc(-c2ccccc2)c(-c2ccccc2)[nH]1. The summed E-state index contributed by atoms with van der Waals surface area (Å²) in [5.41, 5.74) is 3.71. The van der Waals surface area contributed by atoms with Gasteiger partial charge in [-0.1, -0.05) is 60.7 Å². The van der Waals surface area contributed by atoms with Crippen LogP contribution in [0.2, 0.25) is 0 Å². The highest BCUT2D eigenvalue weighted by Crippen LogP contribution is 2.33. The summed E-state index contributed by atoms with van der Waals surface area (Å²) < 4.78 is 26.7. The molecule has 2 aromatic heterocycles. The van der Waals surface area contributed by atoms with Crippen molar-refractivity contribution in [3.63, 3.8) is 0 Å². The number of aromatic amines is 1. The van der Waals surface area contributed by atoms with Crippen molar-refractivity contribution in [2.24, 2.45) is 7.05 Å². The van der Waals surface area contributed by atoms with Crippen LogP contribution in [0, 0.1) is 0 Å². The molecule has 6 nitrogen and oxygen atoms in total. The van der Waals surface area contributed by atoms with Crippen molar-refractivity contribution in [2.45, 2.75) is 16.8 Å². The van der Waals surface area contributed by atoms with E-state index in [1.54, 1.807) is 13.2 Å². The Kier molecular flexibility index (Phi) is 5.78. The first-order chi connectivity index (χ1) is 14.5. The molecule has 0 aliphatic rings. The van der Waals surface area contributed by atoms with Crippen LogP contribution in [0.4, 0.5) is 0 Å². The fourth-order valence-corrected chi connectivity index (χ4v) is 5.19. The highest BCUT2D eigenvalue weighted by molar-refractivity contribution is 7.91. The number of nitrogens with zero attached hydrogens (tertiary/aromatic N) is 3. The van der Waals surface area contributed by atoms with E-state index in [0.29, 0.717) is 12.2 Å². The summed E-state index contributed by atoms with van der Waals surface area (Å²) in [6, 6.07) is 19.9. The molecule has 1 N–H and O–H groups in total. The molecular weight excluding hydrogens is 416 g/mol. The predicted molar refractivity (Wildman–Crippen MR) is 121 cm³/mol. The van der Waals surface area contributed by atoms with Gasteiger partial charge in [0.1, 0.15) is 5.82 Å². The lowest BCUT2D eigenvalue weighted by Crippen LogP contribution is -2.14. The third kappa shape index (κ3) is 4.20. The van der Waals surface area contributed by atoms with Gasteiger partial charge in [0.05, 0.1) is 22.4 Å². The Morgan fingerprint density at radius 1 is 1.03 bits per heavy atom. The van der Waals surface area contributed by atoms with Crippen molar-refractivity contribution >= 4 is 22.5 Å². The van der Waals surface area contributed by atoms with E-state index in [1.165, 1.54) is 10.8 Å². The van der Waals surface area contributed by atoms with Gasteiger partial charge in [0.2, 0.25) is 15.0 Å². The summed E-state index contributed by atoms with van der Waals surface area (Å²) in [6.07, 6.45) is 3.42. The van der Waals surface area contributed by atoms with Gasteiger partial charge >= 0.3 is 0 Å². The van der Waals surface area contributed by atoms with Crippen molar-refractivity contribution in [2.75, 3.05) is 5.75 Å². The lowest BCUT2D eigenvalue weighted by Gasteiger charge is -2.08. The molecule has 1 atom stereocenters. The zero-order valence-electron chi connectivity index (χ0n) is 16.4. The van der Waals surface area contributed by atoms with Crippen LogP contribution < -0.4 is 0 Å². The maximum Gasteiger partial charge on any atom is 0.227 e. The van der Waals surface area contributed by atoms with Crippen LogP contribution in [0.15, 0.2) is 78.2 Å². The van der Waals surface area contributed by atoms with Gasteiger partial charge in [-0.3, -0.25) is 0 Å². The van der Waals surface area contributed by atoms with Gasteiger partial charge in [-0.2, -0.15) is 12.6 Å². The number of hydrogen-bond donors (Lipinski definition) is 2. The molecule has 154 valence electrons. The fraction of sp³-hybridized carbons (Fsp3) is 0.182. The summed E-state index contributed by atoms with van der Waals surface area (Å²) in [5.74, 6) is 0.583. The molecule has 2 heterocycles. The van der Waals surface area contributed by atoms with E-state index in [2.05, 4.69) is 22.6 Å². The van der Waals surface area contributed by atoms with Gasteiger partial charge in [0, 0.05) is 30.6 Å². The average Bonchev–Trinajstić information content (AvgIpc) is 3.40. The van der Waals surface area contributed by atoms with E-state index in [0.717, 1.165) is 22.5 Å². The molecule has 0 spiro atoms. The van der Waals surface area contributed by atoms with E-state index in [-0.39, 0.29) is 16.2 Å². The second-order valence-corrected chi connectivity index (χ2v) is 9.65. The third-order valence-corrected chi connectivity index (χ3v) is 7.09. The van der Waals surface area contributed by atoms with Gasteiger partial charge in [-0.25, -0.2) is 18.4 Å². The summed E-state index contributed by atoms with van der Waals surface area (Å²) in [6.45, 7) is 0. The lowest BCUT2D eigenvalue weighted by molar-refractivity contribution is 0.575. The van der Waals surface area contributed by atoms with Crippen molar-refractivity contribution in [1.82, 2.24) is 19.5 Å². The van der Waals surface area contributed by atoms with Crippen LogP contribution in [0.1, 0.15) is 17.5 Å². The molecule has 0 aliphatic heterocycles. The molecule has 1 unspecified atom stereocenters. The molecular formula is C22H22N4O2S2. The van der Waals surface area contributed by atoms with Gasteiger partial charge < -0.3 is 9.55 Å². The van der Waals surface area contributed by atoms with Gasteiger partial charge in [-0.15, -0.1) is 0 Å². The third-order valence-electron chi connectivity index (χ3n) is 4.86. The number of benzene rings is 2. The average molecular weight is 439 g/mol. The Morgan fingerprint density at radius 2 is 1.67 bits per heavy atom. The van der Waals surface area contributed by atoms with Crippen molar-refractivity contribution in [1.29, 1.82) is 0 Å². The smallest absolute Gasteiger partial charge is 0.227 e. The zero-order chi connectivity index (χ0) is 21.1. The first kappa shape index (κ1) is 20.4. The van der Waals surface area contributed by atoms with Gasteiger partial charge in [0.25, 0.3) is 0 Å². The Labute approximate surface area is 181 Å². The summed E-state index contributed by atoms with van der Waals surface area (Å²) >= 11 is 4.65. The topological polar surface area (TPSA) is 80.6 Å². The van der Waals surface area contributed by atoms with Crippen molar-refractivity contribution in [3.05, 3.63) is 78.9 Å². The maximum absolute atomic E-state index is 12.6. The van der Waals surface area contributed by atoms with E-state index < -0.39 is 9.84 Å². The van der Waals surface area contributed by atoms with Crippen molar-refractivity contribution < 1.29 is 8.42 Å². The van der Waals surface area contributed by atoms with Crippen LogP contribution in [0.3, 0.4) is 0 Å². The molecule has 0 radical (unpaired) electrons. The Morgan fingerprint density at radius 3 is 2.27 bits per heavy atom. The van der Waals surface area contributed by atoms with Gasteiger partial charge in [0.15, 0.2) is 0 Å².